The number of anilines is 1. The summed E-state index contributed by atoms with van der Waals surface area (Å²) in [4.78, 5) is 0. The van der Waals surface area contributed by atoms with Crippen molar-refractivity contribution in [3.05, 3.63) is 169 Å². The van der Waals surface area contributed by atoms with Gasteiger partial charge in [0.25, 0.3) is 0 Å². The first kappa shape index (κ1) is 35.9. The van der Waals surface area contributed by atoms with Crippen LogP contribution in [0.2, 0.25) is 0 Å². The van der Waals surface area contributed by atoms with Crippen molar-refractivity contribution in [1.82, 2.24) is 0 Å². The lowest BCUT2D eigenvalue weighted by atomic mass is 9.64. The van der Waals surface area contributed by atoms with Gasteiger partial charge in [-0.2, -0.15) is 0 Å². The monoisotopic (exact) mass is 743 g/mol. The van der Waals surface area contributed by atoms with Gasteiger partial charge in [0, 0.05) is 11.1 Å². The summed E-state index contributed by atoms with van der Waals surface area (Å²) < 4.78 is 0. The Morgan fingerprint density at radius 1 is 0.685 bits per heavy atom. The molecule has 4 aromatic rings. The van der Waals surface area contributed by atoms with Crippen molar-refractivity contribution in [1.29, 1.82) is 0 Å². The Hall–Kier alpha value is -3.76. The van der Waals surface area contributed by atoms with Crippen LogP contribution in [0.5, 0.6) is 0 Å². The minimum absolute atomic E-state index is 0.138. The van der Waals surface area contributed by atoms with Crippen LogP contribution in [0.4, 0.5) is 5.69 Å². The van der Waals surface area contributed by atoms with Crippen LogP contribution in [0.25, 0.3) is 0 Å². The van der Waals surface area contributed by atoms with Crippen LogP contribution in [0.1, 0.15) is 84.9 Å². The second-order valence-corrected chi connectivity index (χ2v) is 22.0. The highest BCUT2D eigenvalue weighted by molar-refractivity contribution is 7.77. The van der Waals surface area contributed by atoms with Gasteiger partial charge in [-0.05, 0) is 186 Å². The highest BCUT2D eigenvalue weighted by atomic mass is 31.1. The van der Waals surface area contributed by atoms with E-state index in [2.05, 4.69) is 152 Å². The standard InChI is InChI=1S/C51H55NP2/c1-31-16-32(2)21-44(20-31)53(45-22-33(3)17-34(4)23-45)42-10-8-38-14-15-51(48(38)13-12-42)49-28-40(49)27-39-9-11-43(30-50(39)51)54(46-24-35(5)18-36(6)25-46)47-26-37(7)19-41(52)29-47/h8-12,16-24,26,29-30,36,40,49H,13-15,25,27-28,52H2,1-7H3/t36?,40?,49-,51-,54?/m0/s1. The van der Waals surface area contributed by atoms with Crippen molar-refractivity contribution in [2.45, 2.75) is 92.4 Å². The maximum absolute atomic E-state index is 6.58. The summed E-state index contributed by atoms with van der Waals surface area (Å²) in [6, 6.07) is 29.0. The van der Waals surface area contributed by atoms with Crippen molar-refractivity contribution < 1.29 is 0 Å². The predicted octanol–water partition coefficient (Wildman–Crippen LogP) is 11.6. The van der Waals surface area contributed by atoms with E-state index in [0.717, 1.165) is 30.4 Å². The van der Waals surface area contributed by atoms with E-state index in [1.165, 1.54) is 85.6 Å². The second-order valence-electron chi connectivity index (χ2n) is 17.5. The summed E-state index contributed by atoms with van der Waals surface area (Å²) in [5.41, 5.74) is 22.3. The number of fused-ring (bicyclic) bond motifs is 5. The molecule has 9 rings (SSSR count). The number of nitrogen functional groups attached to an aromatic ring is 1. The molecule has 0 saturated heterocycles. The molecule has 1 fully saturated rings. The molecule has 274 valence electrons. The third-order valence-electron chi connectivity index (χ3n) is 12.8. The molecule has 0 aliphatic heterocycles. The zero-order valence-electron chi connectivity index (χ0n) is 33.3. The Bertz CT molecular complexity index is 2250. The molecule has 2 N–H and O–H groups in total. The topological polar surface area (TPSA) is 26.0 Å². The fraction of sp³-hybridized carbons (Fsp3) is 0.333. The number of nitrogens with two attached hydrogens (primary N) is 1. The molecule has 4 aromatic carbocycles. The Morgan fingerprint density at radius 3 is 1.98 bits per heavy atom. The van der Waals surface area contributed by atoms with Crippen LogP contribution in [0.15, 0.2) is 131 Å². The normalized spacial score (nSPS) is 24.7. The summed E-state index contributed by atoms with van der Waals surface area (Å²) in [5.74, 6) is 2.13. The number of hydrogen-bond acceptors (Lipinski definition) is 1. The molecule has 0 radical (unpaired) electrons. The molecule has 54 heavy (non-hydrogen) atoms. The van der Waals surface area contributed by atoms with Gasteiger partial charge >= 0.3 is 0 Å². The van der Waals surface area contributed by atoms with E-state index < -0.39 is 15.8 Å². The number of benzene rings is 4. The first-order valence-corrected chi connectivity index (χ1v) is 22.9. The minimum atomic E-state index is -0.704. The first-order chi connectivity index (χ1) is 25.9. The maximum atomic E-state index is 6.58. The largest absolute Gasteiger partial charge is 0.399 e. The fourth-order valence-electron chi connectivity index (χ4n) is 11.0. The smallest absolute Gasteiger partial charge is 0.0323 e. The average Bonchev–Trinajstić information content (AvgIpc) is 3.83. The quantitative estimate of drug-likeness (QED) is 0.154. The van der Waals surface area contributed by atoms with Crippen molar-refractivity contribution in [3.8, 4) is 0 Å². The van der Waals surface area contributed by atoms with Crippen LogP contribution < -0.4 is 27.0 Å². The molecular formula is C51H55NP2. The summed E-state index contributed by atoms with van der Waals surface area (Å²) in [7, 11) is -1.39. The van der Waals surface area contributed by atoms with Gasteiger partial charge in [-0.25, -0.2) is 0 Å². The molecular weight excluding hydrogens is 689 g/mol. The van der Waals surface area contributed by atoms with E-state index in [0.29, 0.717) is 5.92 Å². The number of hydrogen-bond donors (Lipinski definition) is 1. The Balaban J connectivity index is 1.15. The van der Waals surface area contributed by atoms with Gasteiger partial charge in [0.15, 0.2) is 0 Å². The lowest BCUT2D eigenvalue weighted by Crippen LogP contribution is -2.35. The molecule has 5 atom stereocenters. The van der Waals surface area contributed by atoms with Gasteiger partial charge in [-0.15, -0.1) is 0 Å². The van der Waals surface area contributed by atoms with Crippen LogP contribution in [-0.2, 0) is 11.8 Å². The SMILES string of the molecule is CC1=CC(C)CC(P(c2cc(C)cc(N)c2)c2ccc3c(c2)[C@]2(CCC4=C2CC=C(P(c2cc(C)cc(C)c2)c2cc(C)cc(C)c2)C=C4)[C@H]2CC2C3)=C1. The summed E-state index contributed by atoms with van der Waals surface area (Å²) in [6.45, 7) is 15.9. The van der Waals surface area contributed by atoms with E-state index in [-0.39, 0.29) is 5.41 Å². The number of aryl methyl sites for hydroxylation is 5. The molecule has 0 heterocycles. The van der Waals surface area contributed by atoms with Crippen LogP contribution in [-0.4, -0.2) is 0 Å². The maximum Gasteiger partial charge on any atom is 0.0323 e. The van der Waals surface area contributed by atoms with Gasteiger partial charge in [0.05, 0.1) is 0 Å². The van der Waals surface area contributed by atoms with E-state index in [9.17, 15) is 0 Å². The molecule has 3 unspecified atom stereocenters. The van der Waals surface area contributed by atoms with Crippen molar-refractivity contribution in [2.75, 3.05) is 5.73 Å². The van der Waals surface area contributed by atoms with Crippen molar-refractivity contribution in [3.63, 3.8) is 0 Å². The zero-order valence-corrected chi connectivity index (χ0v) is 35.1. The first-order valence-electron chi connectivity index (χ1n) is 20.2. The molecule has 0 aromatic heterocycles. The Morgan fingerprint density at radius 2 is 1.33 bits per heavy atom. The molecule has 5 aliphatic carbocycles. The highest BCUT2D eigenvalue weighted by Crippen LogP contribution is 2.67. The van der Waals surface area contributed by atoms with E-state index in [4.69, 9.17) is 5.73 Å². The second kappa shape index (κ2) is 13.8. The number of rotatable bonds is 6. The van der Waals surface area contributed by atoms with Gasteiger partial charge in [-0.1, -0.05) is 125 Å². The van der Waals surface area contributed by atoms with Crippen LogP contribution >= 0.6 is 15.8 Å². The van der Waals surface area contributed by atoms with Crippen LogP contribution in [0, 0.1) is 52.4 Å². The van der Waals surface area contributed by atoms with Gasteiger partial charge in [0.2, 0.25) is 0 Å². The van der Waals surface area contributed by atoms with Gasteiger partial charge in [-0.3, -0.25) is 0 Å². The average molecular weight is 744 g/mol. The summed E-state index contributed by atoms with van der Waals surface area (Å²) in [5, 5.41) is 8.92. The van der Waals surface area contributed by atoms with Crippen molar-refractivity contribution in [2.24, 2.45) is 17.8 Å². The van der Waals surface area contributed by atoms with E-state index >= 15 is 0 Å². The molecule has 3 heteroatoms. The molecule has 1 saturated carbocycles. The number of allylic oxidation sites excluding steroid dienone is 10. The third kappa shape index (κ3) is 6.45. The lowest BCUT2D eigenvalue weighted by molar-refractivity contribution is 0.380. The summed E-state index contributed by atoms with van der Waals surface area (Å²) in [6.07, 6.45) is 19.9. The van der Waals surface area contributed by atoms with E-state index in [1.807, 2.05) is 0 Å². The third-order valence-corrected chi connectivity index (χ3v) is 17.7. The van der Waals surface area contributed by atoms with Crippen molar-refractivity contribution >= 4 is 42.7 Å². The fourth-order valence-corrected chi connectivity index (χ4v) is 16.6. The molecule has 5 aliphatic rings. The molecule has 0 bridgehead atoms. The molecule has 1 spiro atoms. The molecule has 1 nitrogen and oxygen atoms in total. The highest BCUT2D eigenvalue weighted by Gasteiger charge is 2.60. The Kier molecular flexibility index (Phi) is 9.15. The van der Waals surface area contributed by atoms with Crippen LogP contribution in [0.3, 0.4) is 0 Å². The summed E-state index contributed by atoms with van der Waals surface area (Å²) >= 11 is 0. The predicted molar refractivity (Wildman–Crippen MR) is 237 cm³/mol. The lowest BCUT2D eigenvalue weighted by Gasteiger charge is -2.40. The molecule has 0 amide bonds. The Labute approximate surface area is 326 Å². The van der Waals surface area contributed by atoms with Gasteiger partial charge in [0.1, 0.15) is 0 Å². The van der Waals surface area contributed by atoms with E-state index in [1.54, 1.807) is 27.6 Å². The minimum Gasteiger partial charge on any atom is -0.399 e. The zero-order chi connectivity index (χ0) is 37.5. The van der Waals surface area contributed by atoms with Gasteiger partial charge < -0.3 is 5.73 Å².